The van der Waals surface area contributed by atoms with Crippen molar-refractivity contribution in [1.82, 2.24) is 0 Å². The fourth-order valence-corrected chi connectivity index (χ4v) is 3.92. The first-order chi connectivity index (χ1) is 14.2. The molecule has 2 N–H and O–H groups in total. The molecule has 0 aliphatic carbocycles. The Kier molecular flexibility index (Phi) is 6.18. The number of benzene rings is 3. The molecule has 8 nitrogen and oxygen atoms in total. The summed E-state index contributed by atoms with van der Waals surface area (Å²) in [4.78, 5) is 23.1. The lowest BCUT2D eigenvalue weighted by atomic mass is 10.1. The molecule has 0 spiro atoms. The van der Waals surface area contributed by atoms with Crippen molar-refractivity contribution in [3.63, 3.8) is 0 Å². The van der Waals surface area contributed by atoms with Gasteiger partial charge in [0.25, 0.3) is 21.6 Å². The second-order valence-corrected chi connectivity index (χ2v) is 8.95. The van der Waals surface area contributed by atoms with Gasteiger partial charge in [0.1, 0.15) is 0 Å². The number of non-ortho nitro benzene ring substituents is 1. The van der Waals surface area contributed by atoms with Gasteiger partial charge in [-0.2, -0.15) is 0 Å². The monoisotopic (exact) mass is 489 g/mol. The zero-order valence-electron chi connectivity index (χ0n) is 15.6. The number of sulfonamides is 1. The Hall–Kier alpha value is -3.24. The van der Waals surface area contributed by atoms with Gasteiger partial charge >= 0.3 is 0 Å². The van der Waals surface area contributed by atoms with Crippen LogP contribution >= 0.6 is 15.9 Å². The molecule has 154 valence electrons. The first-order valence-electron chi connectivity index (χ1n) is 8.60. The summed E-state index contributed by atoms with van der Waals surface area (Å²) in [5.41, 5.74) is 1.21. The average molecular weight is 490 g/mol. The van der Waals surface area contributed by atoms with Crippen molar-refractivity contribution in [2.75, 3.05) is 10.0 Å². The number of carbonyl (C=O) groups is 1. The molecular weight excluding hydrogens is 474 g/mol. The smallest absolute Gasteiger partial charge is 0.271 e. The van der Waals surface area contributed by atoms with Crippen molar-refractivity contribution in [2.24, 2.45) is 0 Å². The molecule has 0 aromatic heterocycles. The van der Waals surface area contributed by atoms with E-state index in [2.05, 4.69) is 26.0 Å². The first kappa shape index (κ1) is 21.5. The molecule has 0 bridgehead atoms. The molecule has 0 heterocycles. The van der Waals surface area contributed by atoms with Gasteiger partial charge in [0.15, 0.2) is 0 Å². The SMILES string of the molecule is Cc1ccc([N+](=O)[O-])cc1NC(=O)c1cccc(NS(=O)(=O)c2ccc(Br)cc2)c1. The van der Waals surface area contributed by atoms with E-state index in [9.17, 15) is 23.3 Å². The van der Waals surface area contributed by atoms with E-state index in [1.165, 1.54) is 54.6 Å². The van der Waals surface area contributed by atoms with E-state index in [1.54, 1.807) is 19.1 Å². The number of amides is 1. The minimum atomic E-state index is -3.83. The number of hydrogen-bond donors (Lipinski definition) is 2. The van der Waals surface area contributed by atoms with Crippen LogP contribution in [0.2, 0.25) is 0 Å². The molecule has 0 aliphatic rings. The highest BCUT2D eigenvalue weighted by Crippen LogP contribution is 2.23. The maximum atomic E-state index is 12.6. The van der Waals surface area contributed by atoms with Crippen LogP contribution in [-0.4, -0.2) is 19.2 Å². The lowest BCUT2D eigenvalue weighted by molar-refractivity contribution is -0.384. The van der Waals surface area contributed by atoms with Crippen molar-refractivity contribution in [2.45, 2.75) is 11.8 Å². The van der Waals surface area contributed by atoms with Gasteiger partial charge in [-0.1, -0.05) is 28.1 Å². The number of carbonyl (C=O) groups excluding carboxylic acids is 1. The highest BCUT2D eigenvalue weighted by atomic mass is 79.9. The molecule has 0 unspecified atom stereocenters. The number of nitrogens with one attached hydrogen (secondary N) is 2. The predicted molar refractivity (Wildman–Crippen MR) is 117 cm³/mol. The van der Waals surface area contributed by atoms with Crippen LogP contribution in [0.3, 0.4) is 0 Å². The van der Waals surface area contributed by atoms with E-state index < -0.39 is 20.9 Å². The Labute approximate surface area is 181 Å². The lowest BCUT2D eigenvalue weighted by Gasteiger charge is -2.11. The van der Waals surface area contributed by atoms with Gasteiger partial charge < -0.3 is 5.32 Å². The summed E-state index contributed by atoms with van der Waals surface area (Å²) < 4.78 is 28.3. The summed E-state index contributed by atoms with van der Waals surface area (Å²) in [5, 5.41) is 13.6. The zero-order chi connectivity index (χ0) is 21.9. The molecule has 30 heavy (non-hydrogen) atoms. The molecule has 0 aliphatic heterocycles. The van der Waals surface area contributed by atoms with Crippen LogP contribution in [0.4, 0.5) is 17.1 Å². The van der Waals surface area contributed by atoms with Crippen molar-refractivity contribution < 1.29 is 18.1 Å². The third-order valence-electron chi connectivity index (χ3n) is 4.18. The van der Waals surface area contributed by atoms with Crippen molar-refractivity contribution in [3.8, 4) is 0 Å². The molecular formula is C20H16BrN3O5S. The van der Waals surface area contributed by atoms with Crippen molar-refractivity contribution in [1.29, 1.82) is 0 Å². The van der Waals surface area contributed by atoms with Crippen LogP contribution < -0.4 is 10.0 Å². The van der Waals surface area contributed by atoms with Gasteiger partial charge in [-0.3, -0.25) is 19.6 Å². The Morgan fingerprint density at radius 1 is 1.03 bits per heavy atom. The summed E-state index contributed by atoms with van der Waals surface area (Å²) in [6.07, 6.45) is 0. The maximum absolute atomic E-state index is 12.6. The third kappa shape index (κ3) is 5.02. The molecule has 1 amide bonds. The average Bonchev–Trinajstić information content (AvgIpc) is 2.69. The fourth-order valence-electron chi connectivity index (χ4n) is 2.60. The molecule has 0 radical (unpaired) electrons. The Morgan fingerprint density at radius 2 is 1.73 bits per heavy atom. The number of rotatable bonds is 6. The lowest BCUT2D eigenvalue weighted by Crippen LogP contribution is -2.15. The number of aryl methyl sites for hydroxylation is 1. The number of hydrogen-bond acceptors (Lipinski definition) is 5. The Morgan fingerprint density at radius 3 is 2.40 bits per heavy atom. The molecule has 0 saturated carbocycles. The molecule has 0 saturated heterocycles. The summed E-state index contributed by atoms with van der Waals surface area (Å²) >= 11 is 3.25. The third-order valence-corrected chi connectivity index (χ3v) is 6.11. The van der Waals surface area contributed by atoms with Gasteiger partial charge in [-0.05, 0) is 55.0 Å². The van der Waals surface area contributed by atoms with Crippen LogP contribution in [-0.2, 0) is 10.0 Å². The van der Waals surface area contributed by atoms with Gasteiger partial charge in [0, 0.05) is 27.9 Å². The molecule has 3 aromatic carbocycles. The van der Waals surface area contributed by atoms with Gasteiger partial charge in [-0.15, -0.1) is 0 Å². The van der Waals surface area contributed by atoms with Crippen molar-refractivity contribution in [3.05, 3.63) is 92.4 Å². The quantitative estimate of drug-likeness (QED) is 0.383. The van der Waals surface area contributed by atoms with Gasteiger partial charge in [0.2, 0.25) is 0 Å². The van der Waals surface area contributed by atoms with Crippen LogP contribution in [0.1, 0.15) is 15.9 Å². The van der Waals surface area contributed by atoms with Crippen LogP contribution in [0.5, 0.6) is 0 Å². The van der Waals surface area contributed by atoms with Crippen LogP contribution in [0, 0.1) is 17.0 Å². The minimum Gasteiger partial charge on any atom is -0.321 e. The number of nitro benzene ring substituents is 1. The molecule has 10 heteroatoms. The van der Waals surface area contributed by atoms with Crippen LogP contribution in [0.15, 0.2) is 76.1 Å². The van der Waals surface area contributed by atoms with E-state index in [4.69, 9.17) is 0 Å². The highest BCUT2D eigenvalue weighted by molar-refractivity contribution is 9.10. The Balaban J connectivity index is 1.81. The van der Waals surface area contributed by atoms with E-state index in [1.807, 2.05) is 0 Å². The number of nitro groups is 1. The maximum Gasteiger partial charge on any atom is 0.271 e. The summed E-state index contributed by atoms with van der Waals surface area (Å²) in [5.74, 6) is -0.525. The fraction of sp³-hybridized carbons (Fsp3) is 0.0500. The van der Waals surface area contributed by atoms with Gasteiger partial charge in [0.05, 0.1) is 15.5 Å². The topological polar surface area (TPSA) is 118 Å². The van der Waals surface area contributed by atoms with Crippen LogP contribution in [0.25, 0.3) is 0 Å². The largest absolute Gasteiger partial charge is 0.321 e. The second-order valence-electron chi connectivity index (χ2n) is 6.35. The standard InChI is InChI=1S/C20H16BrN3O5S/c1-13-5-8-17(24(26)27)12-19(13)22-20(25)14-3-2-4-16(11-14)23-30(28,29)18-9-6-15(21)7-10-18/h2-12,23H,1H3,(H,22,25). The number of anilines is 2. The van der Waals surface area contributed by atoms with E-state index >= 15 is 0 Å². The zero-order valence-corrected chi connectivity index (χ0v) is 18.0. The molecule has 3 aromatic rings. The summed E-state index contributed by atoms with van der Waals surface area (Å²) in [6.45, 7) is 1.71. The predicted octanol–water partition coefficient (Wildman–Crippen LogP) is 4.72. The van der Waals surface area contributed by atoms with E-state index in [0.29, 0.717) is 11.3 Å². The number of nitrogens with zero attached hydrogens (tertiary/aromatic N) is 1. The molecule has 3 rings (SSSR count). The first-order valence-corrected chi connectivity index (χ1v) is 10.9. The number of halogens is 1. The van der Waals surface area contributed by atoms with E-state index in [0.717, 1.165) is 4.47 Å². The molecule has 0 fully saturated rings. The molecule has 0 atom stereocenters. The van der Waals surface area contributed by atoms with E-state index in [-0.39, 0.29) is 21.8 Å². The summed E-state index contributed by atoms with van der Waals surface area (Å²) in [7, 11) is -3.83. The second kappa shape index (κ2) is 8.64. The highest BCUT2D eigenvalue weighted by Gasteiger charge is 2.16. The normalized spacial score (nSPS) is 11.0. The summed E-state index contributed by atoms with van der Waals surface area (Å²) in [6, 6.07) is 16.2. The Bertz CT molecular complexity index is 1230. The minimum absolute atomic E-state index is 0.0766. The van der Waals surface area contributed by atoms with Crippen molar-refractivity contribution >= 4 is 48.9 Å². The van der Waals surface area contributed by atoms with Gasteiger partial charge in [-0.25, -0.2) is 8.42 Å².